The second kappa shape index (κ2) is 4.13. The van der Waals surface area contributed by atoms with E-state index in [1.54, 1.807) is 0 Å². The van der Waals surface area contributed by atoms with Gasteiger partial charge >= 0.3 is 0 Å². The third kappa shape index (κ3) is 1.58. The van der Waals surface area contributed by atoms with E-state index in [2.05, 4.69) is 9.97 Å². The lowest BCUT2D eigenvalue weighted by Crippen LogP contribution is -1.93. The molecule has 3 heterocycles. The van der Waals surface area contributed by atoms with Gasteiger partial charge in [-0.25, -0.2) is 9.97 Å². The zero-order valence-corrected chi connectivity index (χ0v) is 11.0. The van der Waals surface area contributed by atoms with Gasteiger partial charge in [0.25, 0.3) is 0 Å². The van der Waals surface area contributed by atoms with Gasteiger partial charge in [-0.1, -0.05) is 18.2 Å². The normalized spacial score (nSPS) is 11.2. The summed E-state index contributed by atoms with van der Waals surface area (Å²) in [5.41, 5.74) is 5.53. The fourth-order valence-electron chi connectivity index (χ4n) is 2.49. The van der Waals surface area contributed by atoms with Crippen molar-refractivity contribution in [3.63, 3.8) is 0 Å². The number of aryl methyl sites for hydroxylation is 1. The van der Waals surface area contributed by atoms with Crippen molar-refractivity contribution < 1.29 is 0 Å². The van der Waals surface area contributed by atoms with E-state index >= 15 is 0 Å². The Kier molecular flexibility index (Phi) is 2.29. The summed E-state index contributed by atoms with van der Waals surface area (Å²) in [4.78, 5) is 13.8. The van der Waals surface area contributed by atoms with Crippen LogP contribution in [0, 0.1) is 6.92 Å². The number of para-hydroxylation sites is 2. The van der Waals surface area contributed by atoms with E-state index in [1.165, 1.54) is 0 Å². The summed E-state index contributed by atoms with van der Waals surface area (Å²) in [5.74, 6) is 0. The first-order chi connectivity index (χ1) is 9.83. The van der Waals surface area contributed by atoms with Gasteiger partial charge in [-0.05, 0) is 31.2 Å². The Bertz CT molecular complexity index is 924. The third-order valence-corrected chi connectivity index (χ3v) is 3.40. The standard InChI is InChI=1S/C16H12N4/c1-11-16(20-9-5-4-8-15(20)18-11)14-10-17-12-6-2-3-7-13(12)19-14/h2-10H,1H3. The summed E-state index contributed by atoms with van der Waals surface area (Å²) in [6.07, 6.45) is 3.81. The van der Waals surface area contributed by atoms with Gasteiger partial charge in [0, 0.05) is 6.20 Å². The van der Waals surface area contributed by atoms with Crippen LogP contribution in [0.15, 0.2) is 54.9 Å². The lowest BCUT2D eigenvalue weighted by atomic mass is 10.2. The zero-order chi connectivity index (χ0) is 13.5. The molecule has 0 unspecified atom stereocenters. The Labute approximate surface area is 115 Å². The summed E-state index contributed by atoms with van der Waals surface area (Å²) in [5, 5.41) is 0. The van der Waals surface area contributed by atoms with Crippen LogP contribution in [-0.4, -0.2) is 19.4 Å². The smallest absolute Gasteiger partial charge is 0.137 e. The average Bonchev–Trinajstić information content (AvgIpc) is 2.82. The molecule has 0 N–H and O–H groups in total. The monoisotopic (exact) mass is 260 g/mol. The molecule has 0 amide bonds. The molecule has 0 radical (unpaired) electrons. The molecule has 0 aliphatic carbocycles. The number of imidazole rings is 1. The summed E-state index contributed by atoms with van der Waals surface area (Å²) in [7, 11) is 0. The Morgan fingerprint density at radius 2 is 1.70 bits per heavy atom. The van der Waals surface area contributed by atoms with Crippen LogP contribution in [0.3, 0.4) is 0 Å². The van der Waals surface area contributed by atoms with Gasteiger partial charge in [0.05, 0.1) is 28.6 Å². The number of benzene rings is 1. The van der Waals surface area contributed by atoms with Crippen molar-refractivity contribution in [2.75, 3.05) is 0 Å². The highest BCUT2D eigenvalue weighted by atomic mass is 15.0. The van der Waals surface area contributed by atoms with E-state index in [0.717, 1.165) is 33.8 Å². The number of nitrogens with zero attached hydrogens (tertiary/aromatic N) is 4. The average molecular weight is 260 g/mol. The third-order valence-electron chi connectivity index (χ3n) is 3.40. The number of pyridine rings is 1. The molecular formula is C16H12N4. The van der Waals surface area contributed by atoms with Crippen LogP contribution in [0.4, 0.5) is 0 Å². The molecule has 0 atom stereocenters. The van der Waals surface area contributed by atoms with Gasteiger partial charge in [-0.15, -0.1) is 0 Å². The van der Waals surface area contributed by atoms with Crippen LogP contribution in [-0.2, 0) is 0 Å². The van der Waals surface area contributed by atoms with E-state index in [9.17, 15) is 0 Å². The minimum Gasteiger partial charge on any atom is -0.298 e. The molecule has 0 aliphatic rings. The molecule has 0 spiro atoms. The first-order valence-corrected chi connectivity index (χ1v) is 6.49. The maximum atomic E-state index is 4.71. The van der Waals surface area contributed by atoms with Crippen molar-refractivity contribution in [1.29, 1.82) is 0 Å². The van der Waals surface area contributed by atoms with Crippen molar-refractivity contribution in [3.05, 3.63) is 60.6 Å². The number of fused-ring (bicyclic) bond motifs is 2. The van der Waals surface area contributed by atoms with E-state index in [1.807, 2.05) is 66.2 Å². The van der Waals surface area contributed by atoms with Gasteiger partial charge in [0.15, 0.2) is 0 Å². The first kappa shape index (κ1) is 11.1. The molecule has 96 valence electrons. The topological polar surface area (TPSA) is 43.1 Å². The fraction of sp³-hybridized carbons (Fsp3) is 0.0625. The number of hydrogen-bond acceptors (Lipinski definition) is 3. The molecule has 0 bridgehead atoms. The van der Waals surface area contributed by atoms with E-state index in [4.69, 9.17) is 4.98 Å². The minimum absolute atomic E-state index is 0.847. The van der Waals surface area contributed by atoms with E-state index in [-0.39, 0.29) is 0 Å². The van der Waals surface area contributed by atoms with Crippen LogP contribution in [0.5, 0.6) is 0 Å². The molecule has 1 aromatic carbocycles. The van der Waals surface area contributed by atoms with Gasteiger partial charge in [-0.3, -0.25) is 9.38 Å². The van der Waals surface area contributed by atoms with Crippen molar-refractivity contribution in [2.24, 2.45) is 0 Å². The zero-order valence-electron chi connectivity index (χ0n) is 11.0. The molecular weight excluding hydrogens is 248 g/mol. The SMILES string of the molecule is Cc1nc2ccccn2c1-c1cnc2ccccc2n1. The molecule has 0 fully saturated rings. The molecule has 0 saturated carbocycles. The van der Waals surface area contributed by atoms with Gasteiger partial charge in [0.1, 0.15) is 11.3 Å². The Morgan fingerprint density at radius 3 is 2.60 bits per heavy atom. The number of aromatic nitrogens is 4. The number of hydrogen-bond donors (Lipinski definition) is 0. The quantitative estimate of drug-likeness (QED) is 0.527. The van der Waals surface area contributed by atoms with Gasteiger partial charge in [0.2, 0.25) is 0 Å². The summed E-state index contributed by atoms with van der Waals surface area (Å²) >= 11 is 0. The molecule has 0 aliphatic heterocycles. The van der Waals surface area contributed by atoms with Crippen LogP contribution >= 0.6 is 0 Å². The predicted octanol–water partition coefficient (Wildman–Crippen LogP) is 3.25. The lowest BCUT2D eigenvalue weighted by Gasteiger charge is -2.03. The summed E-state index contributed by atoms with van der Waals surface area (Å²) in [6.45, 7) is 2.00. The van der Waals surface area contributed by atoms with Crippen LogP contribution in [0.1, 0.15) is 5.69 Å². The molecule has 0 saturated heterocycles. The largest absolute Gasteiger partial charge is 0.298 e. The highest BCUT2D eigenvalue weighted by molar-refractivity contribution is 5.77. The van der Waals surface area contributed by atoms with Crippen molar-refractivity contribution in [3.8, 4) is 11.4 Å². The first-order valence-electron chi connectivity index (χ1n) is 6.49. The fourth-order valence-corrected chi connectivity index (χ4v) is 2.49. The molecule has 4 aromatic rings. The van der Waals surface area contributed by atoms with Crippen molar-refractivity contribution in [2.45, 2.75) is 6.92 Å². The molecule has 4 rings (SSSR count). The molecule has 4 heteroatoms. The molecule has 3 aromatic heterocycles. The second-order valence-corrected chi connectivity index (χ2v) is 4.72. The van der Waals surface area contributed by atoms with Crippen molar-refractivity contribution in [1.82, 2.24) is 19.4 Å². The lowest BCUT2D eigenvalue weighted by molar-refractivity contribution is 1.16. The van der Waals surface area contributed by atoms with Crippen LogP contribution in [0.25, 0.3) is 28.1 Å². The van der Waals surface area contributed by atoms with Crippen molar-refractivity contribution >= 4 is 16.7 Å². The minimum atomic E-state index is 0.847. The summed E-state index contributed by atoms with van der Waals surface area (Å²) in [6, 6.07) is 13.9. The maximum absolute atomic E-state index is 4.71. The van der Waals surface area contributed by atoms with Crippen LogP contribution < -0.4 is 0 Å². The Hall–Kier alpha value is -2.75. The maximum Gasteiger partial charge on any atom is 0.137 e. The number of rotatable bonds is 1. The van der Waals surface area contributed by atoms with E-state index in [0.29, 0.717) is 0 Å². The highest BCUT2D eigenvalue weighted by Gasteiger charge is 2.12. The van der Waals surface area contributed by atoms with Gasteiger partial charge in [-0.2, -0.15) is 0 Å². The highest BCUT2D eigenvalue weighted by Crippen LogP contribution is 2.23. The van der Waals surface area contributed by atoms with E-state index < -0.39 is 0 Å². The second-order valence-electron chi connectivity index (χ2n) is 4.72. The summed E-state index contributed by atoms with van der Waals surface area (Å²) < 4.78 is 2.05. The van der Waals surface area contributed by atoms with Gasteiger partial charge < -0.3 is 0 Å². The van der Waals surface area contributed by atoms with Crippen LogP contribution in [0.2, 0.25) is 0 Å². The predicted molar refractivity (Wildman–Crippen MR) is 78.5 cm³/mol. The Balaban J connectivity index is 2.03. The molecule has 20 heavy (non-hydrogen) atoms. The molecule has 4 nitrogen and oxygen atoms in total. The Morgan fingerprint density at radius 1 is 0.900 bits per heavy atom.